The molecule has 1 aliphatic heterocycles. The summed E-state index contributed by atoms with van der Waals surface area (Å²) in [5.41, 5.74) is 0. The standard InChI is InChI=1S/C11H24N2/c1-4-5-8-13-9-10(2)12-7-6-11(13)3/h10-12H,4-9H2,1-3H3. The maximum absolute atomic E-state index is 3.54. The number of hydrogen-bond donors (Lipinski definition) is 1. The second-order valence-electron chi connectivity index (χ2n) is 4.34. The molecule has 2 nitrogen and oxygen atoms in total. The fourth-order valence-corrected chi connectivity index (χ4v) is 1.99. The average Bonchev–Trinajstić information content (AvgIpc) is 2.25. The van der Waals surface area contributed by atoms with Gasteiger partial charge in [-0.1, -0.05) is 13.3 Å². The van der Waals surface area contributed by atoms with E-state index < -0.39 is 0 Å². The molecule has 0 aliphatic carbocycles. The van der Waals surface area contributed by atoms with Crippen molar-refractivity contribution >= 4 is 0 Å². The first-order valence-electron chi connectivity index (χ1n) is 5.71. The molecule has 1 rings (SSSR count). The van der Waals surface area contributed by atoms with Crippen molar-refractivity contribution in [1.29, 1.82) is 0 Å². The van der Waals surface area contributed by atoms with Gasteiger partial charge in [-0.05, 0) is 39.8 Å². The lowest BCUT2D eigenvalue weighted by atomic mass is 10.2. The monoisotopic (exact) mass is 184 g/mol. The Morgan fingerprint density at radius 3 is 2.85 bits per heavy atom. The molecule has 1 N–H and O–H groups in total. The van der Waals surface area contributed by atoms with E-state index in [2.05, 4.69) is 31.0 Å². The van der Waals surface area contributed by atoms with Crippen molar-refractivity contribution in [3.05, 3.63) is 0 Å². The smallest absolute Gasteiger partial charge is 0.0166 e. The molecule has 0 aromatic carbocycles. The third-order valence-electron chi connectivity index (χ3n) is 2.99. The third kappa shape index (κ3) is 3.65. The Labute approximate surface area is 82.7 Å². The molecule has 0 bridgehead atoms. The van der Waals surface area contributed by atoms with Crippen molar-refractivity contribution in [1.82, 2.24) is 10.2 Å². The van der Waals surface area contributed by atoms with Gasteiger partial charge in [-0.2, -0.15) is 0 Å². The topological polar surface area (TPSA) is 15.3 Å². The zero-order valence-corrected chi connectivity index (χ0v) is 9.34. The predicted octanol–water partition coefficient (Wildman–Crippen LogP) is 1.86. The van der Waals surface area contributed by atoms with Crippen LogP contribution in [-0.4, -0.2) is 36.6 Å². The van der Waals surface area contributed by atoms with Crippen LogP contribution in [0.25, 0.3) is 0 Å². The minimum absolute atomic E-state index is 0.668. The van der Waals surface area contributed by atoms with Crippen molar-refractivity contribution in [3.63, 3.8) is 0 Å². The highest BCUT2D eigenvalue weighted by molar-refractivity contribution is 4.78. The van der Waals surface area contributed by atoms with Gasteiger partial charge in [0.1, 0.15) is 0 Å². The van der Waals surface area contributed by atoms with Crippen molar-refractivity contribution in [2.45, 2.75) is 52.1 Å². The normalized spacial score (nSPS) is 31.6. The van der Waals surface area contributed by atoms with Crippen LogP contribution in [-0.2, 0) is 0 Å². The molecule has 2 atom stereocenters. The maximum Gasteiger partial charge on any atom is 0.0166 e. The van der Waals surface area contributed by atoms with Crippen LogP contribution in [0.15, 0.2) is 0 Å². The van der Waals surface area contributed by atoms with Crippen LogP contribution in [0.1, 0.15) is 40.0 Å². The van der Waals surface area contributed by atoms with Gasteiger partial charge in [0, 0.05) is 18.6 Å². The average molecular weight is 184 g/mol. The number of nitrogens with one attached hydrogen (secondary N) is 1. The Kier molecular flexibility index (Phi) is 4.74. The van der Waals surface area contributed by atoms with Crippen LogP contribution < -0.4 is 5.32 Å². The van der Waals surface area contributed by atoms with Crippen LogP contribution >= 0.6 is 0 Å². The van der Waals surface area contributed by atoms with Gasteiger partial charge in [0.05, 0.1) is 0 Å². The summed E-state index contributed by atoms with van der Waals surface area (Å²) < 4.78 is 0. The van der Waals surface area contributed by atoms with Crippen LogP contribution in [0, 0.1) is 0 Å². The van der Waals surface area contributed by atoms with E-state index in [1.54, 1.807) is 0 Å². The molecular weight excluding hydrogens is 160 g/mol. The molecule has 0 spiro atoms. The molecule has 78 valence electrons. The first-order valence-corrected chi connectivity index (χ1v) is 5.71. The van der Waals surface area contributed by atoms with Crippen molar-refractivity contribution in [2.24, 2.45) is 0 Å². The summed E-state index contributed by atoms with van der Waals surface area (Å²) in [6.45, 7) is 10.6. The van der Waals surface area contributed by atoms with Crippen molar-refractivity contribution in [2.75, 3.05) is 19.6 Å². The third-order valence-corrected chi connectivity index (χ3v) is 2.99. The molecule has 0 aromatic heterocycles. The Hall–Kier alpha value is -0.0800. The number of unbranched alkanes of at least 4 members (excludes halogenated alkanes) is 1. The van der Waals surface area contributed by atoms with Gasteiger partial charge in [0.15, 0.2) is 0 Å². The van der Waals surface area contributed by atoms with Gasteiger partial charge in [-0.3, -0.25) is 4.90 Å². The van der Waals surface area contributed by atoms with Gasteiger partial charge < -0.3 is 5.32 Å². The maximum atomic E-state index is 3.54. The van der Waals surface area contributed by atoms with E-state index in [0.29, 0.717) is 6.04 Å². The second-order valence-corrected chi connectivity index (χ2v) is 4.34. The second kappa shape index (κ2) is 5.61. The Balaban J connectivity index is 2.37. The molecule has 1 heterocycles. The van der Waals surface area contributed by atoms with Gasteiger partial charge >= 0.3 is 0 Å². The lowest BCUT2D eigenvalue weighted by molar-refractivity contribution is 0.204. The lowest BCUT2D eigenvalue weighted by Crippen LogP contribution is -2.38. The van der Waals surface area contributed by atoms with Gasteiger partial charge in [0.25, 0.3) is 0 Å². The molecule has 0 amide bonds. The van der Waals surface area contributed by atoms with E-state index >= 15 is 0 Å². The SMILES string of the molecule is CCCCN1CC(C)NCCC1C. The summed E-state index contributed by atoms with van der Waals surface area (Å²) in [4.78, 5) is 2.63. The van der Waals surface area contributed by atoms with E-state index in [4.69, 9.17) is 0 Å². The van der Waals surface area contributed by atoms with E-state index in [1.807, 2.05) is 0 Å². The zero-order chi connectivity index (χ0) is 9.68. The fraction of sp³-hybridized carbons (Fsp3) is 1.00. The Morgan fingerprint density at radius 2 is 2.15 bits per heavy atom. The number of rotatable bonds is 3. The Morgan fingerprint density at radius 1 is 1.38 bits per heavy atom. The fourth-order valence-electron chi connectivity index (χ4n) is 1.99. The van der Waals surface area contributed by atoms with Gasteiger partial charge in [-0.15, -0.1) is 0 Å². The molecule has 0 saturated carbocycles. The number of nitrogens with zero attached hydrogens (tertiary/aromatic N) is 1. The molecular formula is C11H24N2. The number of hydrogen-bond acceptors (Lipinski definition) is 2. The van der Waals surface area contributed by atoms with Gasteiger partial charge in [0.2, 0.25) is 0 Å². The summed E-state index contributed by atoms with van der Waals surface area (Å²) in [7, 11) is 0. The van der Waals surface area contributed by atoms with Crippen molar-refractivity contribution in [3.8, 4) is 0 Å². The predicted molar refractivity (Wildman–Crippen MR) is 58.0 cm³/mol. The quantitative estimate of drug-likeness (QED) is 0.720. The summed E-state index contributed by atoms with van der Waals surface area (Å²) >= 11 is 0. The highest BCUT2D eigenvalue weighted by Gasteiger charge is 2.19. The van der Waals surface area contributed by atoms with E-state index in [1.165, 1.54) is 38.9 Å². The molecule has 1 aliphatic rings. The summed E-state index contributed by atoms with van der Waals surface area (Å²) in [6, 6.07) is 1.44. The molecule has 0 radical (unpaired) electrons. The molecule has 2 heteroatoms. The van der Waals surface area contributed by atoms with Crippen molar-refractivity contribution < 1.29 is 0 Å². The summed E-state index contributed by atoms with van der Waals surface area (Å²) in [6.07, 6.45) is 3.95. The first kappa shape index (κ1) is 11.0. The minimum Gasteiger partial charge on any atom is -0.313 e. The Bertz CT molecular complexity index is 136. The summed E-state index contributed by atoms with van der Waals surface area (Å²) in [5.74, 6) is 0. The van der Waals surface area contributed by atoms with E-state index in [-0.39, 0.29) is 0 Å². The molecule has 2 unspecified atom stereocenters. The highest BCUT2D eigenvalue weighted by atomic mass is 15.2. The van der Waals surface area contributed by atoms with Crippen LogP contribution in [0.4, 0.5) is 0 Å². The largest absolute Gasteiger partial charge is 0.313 e. The lowest BCUT2D eigenvalue weighted by Gasteiger charge is -2.27. The van der Waals surface area contributed by atoms with Gasteiger partial charge in [-0.25, -0.2) is 0 Å². The van der Waals surface area contributed by atoms with E-state index in [9.17, 15) is 0 Å². The van der Waals surface area contributed by atoms with E-state index in [0.717, 1.165) is 6.04 Å². The molecule has 1 fully saturated rings. The van der Waals surface area contributed by atoms with Crippen LogP contribution in [0.5, 0.6) is 0 Å². The molecule has 1 saturated heterocycles. The van der Waals surface area contributed by atoms with Crippen LogP contribution in [0.3, 0.4) is 0 Å². The first-order chi connectivity index (χ1) is 6.24. The minimum atomic E-state index is 0.668. The highest BCUT2D eigenvalue weighted by Crippen LogP contribution is 2.09. The van der Waals surface area contributed by atoms with Crippen LogP contribution in [0.2, 0.25) is 0 Å². The summed E-state index contributed by atoms with van der Waals surface area (Å²) in [5, 5.41) is 3.54. The molecule has 0 aromatic rings. The molecule has 13 heavy (non-hydrogen) atoms. The zero-order valence-electron chi connectivity index (χ0n) is 9.34.